The van der Waals surface area contributed by atoms with Crippen LogP contribution in [-0.2, 0) is 0 Å². The van der Waals surface area contributed by atoms with E-state index in [4.69, 9.17) is 0 Å². The maximum Gasteiger partial charge on any atom is 0.213 e. The van der Waals surface area contributed by atoms with Crippen LogP contribution in [0.1, 0.15) is 0 Å². The first kappa shape index (κ1) is 16.5. The Balaban J connectivity index is 4.89. The van der Waals surface area contributed by atoms with Crippen molar-refractivity contribution in [3.8, 4) is 0 Å². The van der Waals surface area contributed by atoms with Crippen LogP contribution in [0.4, 0.5) is 0 Å². The van der Waals surface area contributed by atoms with Gasteiger partial charge in [-0.3, -0.25) is 0 Å². The predicted molar refractivity (Wildman–Crippen MR) is 77.8 cm³/mol. The number of hydrogen-bond acceptors (Lipinski definition) is 4. The van der Waals surface area contributed by atoms with Crippen LogP contribution in [-0.4, -0.2) is 87.2 Å². The first-order chi connectivity index (χ1) is 7.20. The van der Waals surface area contributed by atoms with Gasteiger partial charge < -0.3 is 17.6 Å². The van der Waals surface area contributed by atoms with Crippen molar-refractivity contribution in [2.75, 3.05) is 42.3 Å². The van der Waals surface area contributed by atoms with Gasteiger partial charge >= 0.3 is 0 Å². The highest BCUT2D eigenvalue weighted by molar-refractivity contribution is 6.83. The normalized spacial score (nSPS) is 13.5. The number of nitrogens with zero attached hydrogens (tertiary/aromatic N) is 4. The summed E-state index contributed by atoms with van der Waals surface area (Å²) < 4.78 is 10.0. The highest BCUT2D eigenvalue weighted by atomic mass is 28.4. The van der Waals surface area contributed by atoms with Gasteiger partial charge in [0, 0.05) is 0 Å². The van der Waals surface area contributed by atoms with Crippen molar-refractivity contribution in [3.63, 3.8) is 0 Å². The van der Waals surface area contributed by atoms with Gasteiger partial charge in [0.25, 0.3) is 0 Å². The third-order valence-corrected chi connectivity index (χ3v) is 14.6. The molecule has 0 saturated heterocycles. The average Bonchev–Trinajstić information content (AvgIpc) is 2.16. The highest BCUT2D eigenvalue weighted by Crippen LogP contribution is 2.08. The third kappa shape index (κ3) is 4.40. The summed E-state index contributed by atoms with van der Waals surface area (Å²) in [5.41, 5.74) is 0. The van der Waals surface area contributed by atoms with Crippen LogP contribution in [0.15, 0.2) is 0 Å². The summed E-state index contributed by atoms with van der Waals surface area (Å²) in [5.74, 6) is 0. The van der Waals surface area contributed by atoms with E-state index in [0.29, 0.717) is 0 Å². The fraction of sp³-hybridized carbons (Fsp3) is 1.00. The van der Waals surface area contributed by atoms with Gasteiger partial charge in [0.1, 0.15) is 0 Å². The van der Waals surface area contributed by atoms with Crippen molar-refractivity contribution < 1.29 is 0 Å². The smallest absolute Gasteiger partial charge is 0.213 e. The molecule has 0 saturated carbocycles. The molecule has 0 aromatic rings. The zero-order valence-corrected chi connectivity index (χ0v) is 15.3. The minimum atomic E-state index is -0.559. The molecule has 0 unspecified atom stereocenters. The Bertz CT molecular complexity index is 168. The van der Waals surface area contributed by atoms with E-state index >= 15 is 0 Å². The summed E-state index contributed by atoms with van der Waals surface area (Å²) in [5, 5.41) is 0. The van der Waals surface area contributed by atoms with E-state index in [1.54, 1.807) is 0 Å². The van der Waals surface area contributed by atoms with E-state index in [9.17, 15) is 0 Å². The molecule has 0 aliphatic rings. The van der Waals surface area contributed by atoms with Crippen LogP contribution < -0.4 is 0 Å². The van der Waals surface area contributed by atoms with E-state index in [1.165, 1.54) is 0 Å². The minimum absolute atomic E-state index is 0.559. The van der Waals surface area contributed by atoms with Gasteiger partial charge in [-0.05, 0) is 61.9 Å². The lowest BCUT2D eigenvalue weighted by molar-refractivity contribution is 0.533. The number of rotatable bonds is 6. The zero-order valence-electron chi connectivity index (χ0n) is 12.3. The Morgan fingerprint density at radius 3 is 0.812 bits per heavy atom. The predicted octanol–water partition coefficient (Wildman–Crippen LogP) is 0.327. The van der Waals surface area contributed by atoms with Crippen molar-refractivity contribution in [2.45, 2.75) is 19.6 Å². The second-order valence-corrected chi connectivity index (χ2v) is 13.3. The molecule has 0 aliphatic heterocycles. The molecule has 0 spiro atoms. The molecule has 0 fully saturated rings. The van der Waals surface area contributed by atoms with Gasteiger partial charge in [-0.25, -0.2) is 0 Å². The molecular formula is C9H27N4Si3. The van der Waals surface area contributed by atoms with Crippen molar-refractivity contribution >= 4 is 27.4 Å². The lowest BCUT2D eigenvalue weighted by Crippen LogP contribution is -2.66. The molecule has 7 heteroatoms. The Morgan fingerprint density at radius 1 is 0.500 bits per heavy atom. The topological polar surface area (TPSA) is 13.0 Å². The van der Waals surface area contributed by atoms with E-state index in [1.807, 2.05) is 0 Å². The van der Waals surface area contributed by atoms with Crippen LogP contribution >= 0.6 is 0 Å². The molecule has 16 heavy (non-hydrogen) atoms. The molecule has 0 aliphatic carbocycles. The summed E-state index contributed by atoms with van der Waals surface area (Å²) in [7, 11) is 11.6. The Hall–Kier alpha value is 0.491. The van der Waals surface area contributed by atoms with Crippen molar-refractivity contribution in [1.82, 2.24) is 17.6 Å². The Labute approximate surface area is 107 Å². The maximum atomic E-state index is 2.81. The lowest BCUT2D eigenvalue weighted by Gasteiger charge is -2.42. The largest absolute Gasteiger partial charge is 0.332 e. The standard InChI is InChI=1S/C9H27N4Si3/c1-10(2)14(7)13(15(8)11(3)4)16(9)12(5)6/h1-9H3. The summed E-state index contributed by atoms with van der Waals surface area (Å²) in [6.45, 7) is 7.21. The SMILES string of the molecule is CN(C)[Si](C)N([Si](C)N(C)C)[Si](C)N(C)C. The van der Waals surface area contributed by atoms with Crippen molar-refractivity contribution in [1.29, 1.82) is 0 Å². The van der Waals surface area contributed by atoms with Crippen molar-refractivity contribution in [3.05, 3.63) is 0 Å². The van der Waals surface area contributed by atoms with E-state index in [0.717, 1.165) is 0 Å². The molecule has 0 amide bonds. The Kier molecular flexibility index (Phi) is 7.26. The molecule has 4 nitrogen and oxygen atoms in total. The first-order valence-electron chi connectivity index (χ1n) is 5.52. The molecule has 0 aromatic carbocycles. The lowest BCUT2D eigenvalue weighted by atomic mass is 11.3. The molecule has 0 rings (SSSR count). The third-order valence-electron chi connectivity index (χ3n) is 2.91. The molecule has 0 bridgehead atoms. The second-order valence-electron chi connectivity index (χ2n) is 4.66. The minimum Gasteiger partial charge on any atom is -0.332 e. The van der Waals surface area contributed by atoms with E-state index in [2.05, 4.69) is 79.5 Å². The van der Waals surface area contributed by atoms with Gasteiger partial charge in [-0.1, -0.05) is 0 Å². The van der Waals surface area contributed by atoms with Gasteiger partial charge in [0.05, 0.1) is 0 Å². The molecule has 95 valence electrons. The van der Waals surface area contributed by atoms with E-state index in [-0.39, 0.29) is 0 Å². The summed E-state index contributed by atoms with van der Waals surface area (Å²) in [6.07, 6.45) is 0. The van der Waals surface area contributed by atoms with Crippen molar-refractivity contribution in [2.24, 2.45) is 0 Å². The molecule has 3 radical (unpaired) electrons. The maximum absolute atomic E-state index is 2.81. The van der Waals surface area contributed by atoms with Crippen LogP contribution in [0.3, 0.4) is 0 Å². The Morgan fingerprint density at radius 2 is 0.688 bits per heavy atom. The summed E-state index contributed by atoms with van der Waals surface area (Å²) in [4.78, 5) is 0. The van der Waals surface area contributed by atoms with Crippen LogP contribution in [0, 0.1) is 0 Å². The molecular weight excluding hydrogens is 248 g/mol. The average molecular weight is 276 g/mol. The molecule has 0 aromatic heterocycles. The van der Waals surface area contributed by atoms with Gasteiger partial charge in [0.2, 0.25) is 27.4 Å². The quantitative estimate of drug-likeness (QED) is 0.648. The molecule has 0 N–H and O–H groups in total. The van der Waals surface area contributed by atoms with Gasteiger partial charge in [-0.15, -0.1) is 0 Å². The summed E-state index contributed by atoms with van der Waals surface area (Å²) in [6, 6.07) is 0. The van der Waals surface area contributed by atoms with Crippen LogP contribution in [0.25, 0.3) is 0 Å². The number of hydrogen-bond donors (Lipinski definition) is 0. The molecule has 0 atom stereocenters. The second kappa shape index (κ2) is 7.04. The van der Waals surface area contributed by atoms with Crippen LogP contribution in [0.2, 0.25) is 19.6 Å². The highest BCUT2D eigenvalue weighted by Gasteiger charge is 2.33. The fourth-order valence-electron chi connectivity index (χ4n) is 1.30. The van der Waals surface area contributed by atoms with Gasteiger partial charge in [0.15, 0.2) is 0 Å². The molecule has 0 heterocycles. The van der Waals surface area contributed by atoms with Gasteiger partial charge in [-0.2, -0.15) is 0 Å². The zero-order chi connectivity index (χ0) is 13.0. The summed E-state index contributed by atoms with van der Waals surface area (Å²) >= 11 is 0. The first-order valence-corrected chi connectivity index (χ1v) is 11.2. The van der Waals surface area contributed by atoms with Crippen LogP contribution in [0.5, 0.6) is 0 Å². The fourth-order valence-corrected chi connectivity index (χ4v) is 11.7. The monoisotopic (exact) mass is 275 g/mol. The van der Waals surface area contributed by atoms with E-state index < -0.39 is 27.4 Å².